The summed E-state index contributed by atoms with van der Waals surface area (Å²) in [6.45, 7) is 7.69. The number of aryl methyl sites for hydroxylation is 2. The highest BCUT2D eigenvalue weighted by molar-refractivity contribution is 7.89. The second-order valence-electron chi connectivity index (χ2n) is 4.51. The smallest absolute Gasteiger partial charge is 0.241 e. The van der Waals surface area contributed by atoms with Crippen molar-refractivity contribution in [1.82, 2.24) is 0 Å². The Labute approximate surface area is 109 Å². The van der Waals surface area contributed by atoms with E-state index in [4.69, 9.17) is 9.88 Å². The first kappa shape index (κ1) is 15.0. The molecule has 0 bridgehead atoms. The van der Waals surface area contributed by atoms with Gasteiger partial charge in [-0.3, -0.25) is 0 Å². The third-order valence-electron chi connectivity index (χ3n) is 2.89. The monoisotopic (exact) mass is 271 g/mol. The molecule has 0 amide bonds. The van der Waals surface area contributed by atoms with Gasteiger partial charge in [0.05, 0.1) is 6.10 Å². The molecule has 0 aliphatic carbocycles. The van der Waals surface area contributed by atoms with E-state index < -0.39 is 10.0 Å². The fourth-order valence-corrected chi connectivity index (χ4v) is 2.72. The van der Waals surface area contributed by atoms with Crippen molar-refractivity contribution in [2.75, 3.05) is 0 Å². The Morgan fingerprint density at radius 2 is 1.78 bits per heavy atom. The molecular weight excluding hydrogens is 250 g/mol. The van der Waals surface area contributed by atoms with Crippen molar-refractivity contribution in [2.45, 2.75) is 51.5 Å². The van der Waals surface area contributed by atoms with E-state index in [0.717, 1.165) is 24.0 Å². The van der Waals surface area contributed by atoms with Crippen LogP contribution in [0.4, 0.5) is 0 Å². The topological polar surface area (TPSA) is 69.4 Å². The summed E-state index contributed by atoms with van der Waals surface area (Å²) < 4.78 is 29.0. The third kappa shape index (κ3) is 3.46. The average molecular weight is 271 g/mol. The molecule has 1 rings (SSSR count). The van der Waals surface area contributed by atoms with Gasteiger partial charge in [-0.05, 0) is 43.9 Å². The Kier molecular flexibility index (Phi) is 4.76. The highest BCUT2D eigenvalue weighted by Crippen LogP contribution is 2.30. The van der Waals surface area contributed by atoms with Crippen LogP contribution in [0.2, 0.25) is 0 Å². The molecular formula is C13H21NO3S. The van der Waals surface area contributed by atoms with E-state index in [-0.39, 0.29) is 11.0 Å². The molecule has 1 aromatic rings. The number of rotatable bonds is 5. The van der Waals surface area contributed by atoms with E-state index in [0.29, 0.717) is 5.75 Å². The Balaban J connectivity index is 3.33. The quantitative estimate of drug-likeness (QED) is 0.894. The number of nitrogens with two attached hydrogens (primary N) is 1. The van der Waals surface area contributed by atoms with Crippen molar-refractivity contribution < 1.29 is 13.2 Å². The second kappa shape index (κ2) is 5.71. The zero-order valence-electron chi connectivity index (χ0n) is 11.4. The van der Waals surface area contributed by atoms with Crippen LogP contribution in [0, 0.1) is 13.8 Å². The predicted octanol–water partition coefficient (Wildman–Crippen LogP) is 2.52. The summed E-state index contributed by atoms with van der Waals surface area (Å²) in [5.74, 6) is 0.386. The van der Waals surface area contributed by atoms with E-state index in [1.165, 1.54) is 0 Å². The Morgan fingerprint density at radius 3 is 2.22 bits per heavy atom. The minimum atomic E-state index is -3.77. The van der Waals surface area contributed by atoms with Gasteiger partial charge in [0.1, 0.15) is 10.6 Å². The van der Waals surface area contributed by atoms with E-state index in [9.17, 15) is 8.42 Å². The molecule has 0 fully saturated rings. The average Bonchev–Trinajstić information content (AvgIpc) is 2.26. The van der Waals surface area contributed by atoms with Crippen LogP contribution < -0.4 is 9.88 Å². The van der Waals surface area contributed by atoms with Gasteiger partial charge in [-0.25, -0.2) is 13.6 Å². The molecule has 0 heterocycles. The van der Waals surface area contributed by atoms with Crippen LogP contribution in [0.3, 0.4) is 0 Å². The molecule has 18 heavy (non-hydrogen) atoms. The number of primary sulfonamides is 1. The van der Waals surface area contributed by atoms with Gasteiger partial charge in [0.25, 0.3) is 0 Å². The summed E-state index contributed by atoms with van der Waals surface area (Å²) in [4.78, 5) is 0.0758. The SMILES string of the molecule is CCC(CC)Oc1c(C)cc(C)cc1S(N)(=O)=O. The molecule has 0 saturated carbocycles. The Bertz CT molecular complexity index is 519. The van der Waals surface area contributed by atoms with Crippen LogP contribution in [-0.2, 0) is 10.0 Å². The molecule has 102 valence electrons. The molecule has 0 aliphatic heterocycles. The lowest BCUT2D eigenvalue weighted by Crippen LogP contribution is -2.19. The summed E-state index contributed by atoms with van der Waals surface area (Å²) in [7, 11) is -3.77. The predicted molar refractivity (Wildman–Crippen MR) is 72.3 cm³/mol. The summed E-state index contributed by atoms with van der Waals surface area (Å²) in [6.07, 6.45) is 1.66. The van der Waals surface area contributed by atoms with Gasteiger partial charge < -0.3 is 4.74 Å². The molecule has 1 aromatic carbocycles. The van der Waals surface area contributed by atoms with E-state index >= 15 is 0 Å². The van der Waals surface area contributed by atoms with Crippen LogP contribution in [-0.4, -0.2) is 14.5 Å². The van der Waals surface area contributed by atoms with Gasteiger partial charge in [0.2, 0.25) is 10.0 Å². The maximum Gasteiger partial charge on any atom is 0.241 e. The first-order valence-corrected chi connectivity index (χ1v) is 7.64. The second-order valence-corrected chi connectivity index (χ2v) is 6.04. The van der Waals surface area contributed by atoms with Crippen molar-refractivity contribution >= 4 is 10.0 Å². The molecule has 5 heteroatoms. The van der Waals surface area contributed by atoms with Crippen LogP contribution >= 0.6 is 0 Å². The summed E-state index contributed by atoms with van der Waals surface area (Å²) in [6, 6.07) is 3.45. The van der Waals surface area contributed by atoms with Gasteiger partial charge in [-0.2, -0.15) is 0 Å². The van der Waals surface area contributed by atoms with Gasteiger partial charge in [0.15, 0.2) is 0 Å². The highest BCUT2D eigenvalue weighted by atomic mass is 32.2. The molecule has 0 aromatic heterocycles. The van der Waals surface area contributed by atoms with Crippen LogP contribution in [0.1, 0.15) is 37.8 Å². The van der Waals surface area contributed by atoms with Crippen LogP contribution in [0.5, 0.6) is 5.75 Å². The summed E-state index contributed by atoms with van der Waals surface area (Å²) in [5.41, 5.74) is 1.65. The lowest BCUT2D eigenvalue weighted by molar-refractivity contribution is 0.186. The van der Waals surface area contributed by atoms with Gasteiger partial charge >= 0.3 is 0 Å². The lowest BCUT2D eigenvalue weighted by Gasteiger charge is -2.20. The van der Waals surface area contributed by atoms with E-state index in [1.54, 1.807) is 6.07 Å². The number of hydrogen-bond acceptors (Lipinski definition) is 3. The summed E-state index contributed by atoms with van der Waals surface area (Å²) >= 11 is 0. The molecule has 0 spiro atoms. The maximum atomic E-state index is 11.6. The van der Waals surface area contributed by atoms with Crippen LogP contribution in [0.25, 0.3) is 0 Å². The van der Waals surface area contributed by atoms with E-state index in [1.807, 2.05) is 33.8 Å². The molecule has 0 atom stereocenters. The Hall–Kier alpha value is -1.07. The Morgan fingerprint density at radius 1 is 1.22 bits per heavy atom. The van der Waals surface area contributed by atoms with Gasteiger partial charge in [0, 0.05) is 0 Å². The molecule has 0 aliphatic rings. The first-order chi connectivity index (χ1) is 8.29. The van der Waals surface area contributed by atoms with Crippen molar-refractivity contribution in [3.63, 3.8) is 0 Å². The normalized spacial score (nSPS) is 11.9. The molecule has 4 nitrogen and oxygen atoms in total. The lowest BCUT2D eigenvalue weighted by atomic mass is 10.1. The molecule has 0 unspecified atom stereocenters. The van der Waals surface area contributed by atoms with Gasteiger partial charge in [-0.15, -0.1) is 0 Å². The first-order valence-electron chi connectivity index (χ1n) is 6.10. The largest absolute Gasteiger partial charge is 0.489 e. The van der Waals surface area contributed by atoms with Crippen molar-refractivity contribution in [3.8, 4) is 5.75 Å². The third-order valence-corrected chi connectivity index (χ3v) is 3.80. The fraction of sp³-hybridized carbons (Fsp3) is 0.538. The summed E-state index contributed by atoms with van der Waals surface area (Å²) in [5, 5.41) is 5.25. The van der Waals surface area contributed by atoms with E-state index in [2.05, 4.69) is 0 Å². The minimum absolute atomic E-state index is 0.00639. The number of hydrogen-bond donors (Lipinski definition) is 1. The number of benzene rings is 1. The van der Waals surface area contributed by atoms with Crippen molar-refractivity contribution in [2.24, 2.45) is 5.14 Å². The van der Waals surface area contributed by atoms with Crippen LogP contribution in [0.15, 0.2) is 17.0 Å². The zero-order chi connectivity index (χ0) is 13.9. The maximum absolute atomic E-state index is 11.6. The highest BCUT2D eigenvalue weighted by Gasteiger charge is 2.20. The minimum Gasteiger partial charge on any atom is -0.489 e. The van der Waals surface area contributed by atoms with Crippen molar-refractivity contribution in [3.05, 3.63) is 23.3 Å². The molecule has 2 N–H and O–H groups in total. The molecule has 0 radical (unpaired) electrons. The number of ether oxygens (including phenoxy) is 1. The number of sulfonamides is 1. The standard InChI is InChI=1S/C13H21NO3S/c1-5-11(6-2)17-13-10(4)7-9(3)8-12(13)18(14,15)16/h7-8,11H,5-6H2,1-4H3,(H2,14,15,16). The van der Waals surface area contributed by atoms with Crippen molar-refractivity contribution in [1.29, 1.82) is 0 Å². The fourth-order valence-electron chi connectivity index (χ4n) is 1.90. The van der Waals surface area contributed by atoms with Gasteiger partial charge in [-0.1, -0.05) is 19.9 Å². The zero-order valence-corrected chi connectivity index (χ0v) is 12.2. The molecule has 0 saturated heterocycles.